The molecule has 0 fully saturated rings. The zero-order valence-electron chi connectivity index (χ0n) is 18.0. The molecule has 0 bridgehead atoms. The lowest BCUT2D eigenvalue weighted by molar-refractivity contribution is 0.194. The van der Waals surface area contributed by atoms with Crippen LogP contribution >= 0.6 is 11.6 Å². The number of hydrogen-bond acceptors (Lipinski definition) is 1. The first-order valence-electron chi connectivity index (χ1n) is 10.7. The molecule has 1 aliphatic rings. The Balaban J connectivity index is 1.64. The van der Waals surface area contributed by atoms with Crippen LogP contribution in [0.15, 0.2) is 85.1 Å². The van der Waals surface area contributed by atoms with Gasteiger partial charge in [-0.05, 0) is 78.6 Å². The smallest absolute Gasteiger partial charge is 0.318 e. The third-order valence-corrected chi connectivity index (χ3v) is 6.10. The van der Waals surface area contributed by atoms with E-state index in [1.54, 1.807) is 0 Å². The average Bonchev–Trinajstić information content (AvgIpc) is 3.17. The van der Waals surface area contributed by atoms with E-state index in [-0.39, 0.29) is 12.1 Å². The van der Waals surface area contributed by atoms with Crippen molar-refractivity contribution in [2.45, 2.75) is 26.4 Å². The predicted molar refractivity (Wildman–Crippen MR) is 130 cm³/mol. The van der Waals surface area contributed by atoms with E-state index in [0.717, 1.165) is 39.3 Å². The molecule has 0 radical (unpaired) electrons. The molecule has 32 heavy (non-hydrogen) atoms. The van der Waals surface area contributed by atoms with Crippen LogP contribution in [0.25, 0.3) is 5.69 Å². The van der Waals surface area contributed by atoms with Crippen molar-refractivity contribution in [3.05, 3.63) is 118 Å². The molecule has 0 saturated heterocycles. The van der Waals surface area contributed by atoms with Crippen LogP contribution in [-0.2, 0) is 6.54 Å². The number of carbonyl (C=O) groups is 1. The van der Waals surface area contributed by atoms with Crippen molar-refractivity contribution in [3.8, 4) is 5.69 Å². The Morgan fingerprint density at radius 2 is 1.72 bits per heavy atom. The van der Waals surface area contributed by atoms with Gasteiger partial charge in [0.1, 0.15) is 0 Å². The molecule has 160 valence electrons. The van der Waals surface area contributed by atoms with E-state index >= 15 is 0 Å². The molecule has 5 rings (SSSR count). The second-order valence-electron chi connectivity index (χ2n) is 8.32. The van der Waals surface area contributed by atoms with Crippen LogP contribution in [0.3, 0.4) is 0 Å². The maximum Gasteiger partial charge on any atom is 0.322 e. The van der Waals surface area contributed by atoms with Gasteiger partial charge in [-0.3, -0.25) is 0 Å². The molecule has 4 aromatic rings. The number of carbonyl (C=O) groups excluding carboxylic acids is 1. The highest BCUT2D eigenvalue weighted by Crippen LogP contribution is 2.37. The number of aryl methyl sites for hydroxylation is 2. The molecular weight excluding hydrogens is 418 g/mol. The van der Waals surface area contributed by atoms with E-state index in [9.17, 15) is 4.79 Å². The molecule has 0 unspecified atom stereocenters. The first-order valence-corrected chi connectivity index (χ1v) is 11.0. The number of fused-ring (bicyclic) bond motifs is 3. The summed E-state index contributed by atoms with van der Waals surface area (Å²) >= 11 is 6.36. The van der Waals surface area contributed by atoms with Crippen LogP contribution < -0.4 is 5.32 Å². The highest BCUT2D eigenvalue weighted by atomic mass is 35.5. The summed E-state index contributed by atoms with van der Waals surface area (Å²) in [6, 6.07) is 25.7. The second kappa shape index (κ2) is 8.21. The van der Waals surface area contributed by atoms with Gasteiger partial charge in [0.05, 0.1) is 18.3 Å². The molecule has 2 heterocycles. The monoisotopic (exact) mass is 441 g/mol. The zero-order chi connectivity index (χ0) is 22.2. The van der Waals surface area contributed by atoms with Crippen molar-refractivity contribution in [2.24, 2.45) is 0 Å². The minimum atomic E-state index is -0.290. The number of aromatic nitrogens is 1. The molecule has 0 aliphatic carbocycles. The summed E-state index contributed by atoms with van der Waals surface area (Å²) in [7, 11) is 0. The minimum absolute atomic E-state index is 0.149. The fourth-order valence-corrected chi connectivity index (χ4v) is 4.81. The third-order valence-electron chi connectivity index (χ3n) is 5.86. The van der Waals surface area contributed by atoms with Crippen molar-refractivity contribution in [1.29, 1.82) is 0 Å². The van der Waals surface area contributed by atoms with Gasteiger partial charge in [-0.15, -0.1) is 0 Å². The van der Waals surface area contributed by atoms with Gasteiger partial charge < -0.3 is 14.8 Å². The van der Waals surface area contributed by atoms with Gasteiger partial charge >= 0.3 is 6.03 Å². The zero-order valence-corrected chi connectivity index (χ0v) is 18.8. The van der Waals surface area contributed by atoms with E-state index in [1.165, 1.54) is 0 Å². The predicted octanol–water partition coefficient (Wildman–Crippen LogP) is 6.88. The fourth-order valence-electron chi connectivity index (χ4n) is 4.61. The summed E-state index contributed by atoms with van der Waals surface area (Å²) in [5, 5.41) is 3.78. The molecule has 0 spiro atoms. The molecular formula is C27H24ClN3O. The SMILES string of the molecule is Cc1cc(C)cc(NC(=O)N2Cc3ccccc3-n3cccc3[C@H]2c2cccc(Cl)c2)c1. The molecule has 1 aromatic heterocycles. The topological polar surface area (TPSA) is 37.3 Å². The lowest BCUT2D eigenvalue weighted by Gasteiger charge is -2.31. The normalized spacial score (nSPS) is 15.0. The number of urea groups is 1. The van der Waals surface area contributed by atoms with Crippen molar-refractivity contribution in [2.75, 3.05) is 5.32 Å². The number of anilines is 1. The lowest BCUT2D eigenvalue weighted by Crippen LogP contribution is -2.38. The first kappa shape index (κ1) is 20.4. The summed E-state index contributed by atoms with van der Waals surface area (Å²) in [6.07, 6.45) is 2.05. The van der Waals surface area contributed by atoms with Crippen LogP contribution in [0.5, 0.6) is 0 Å². The Kier molecular flexibility index (Phi) is 5.24. The second-order valence-corrected chi connectivity index (χ2v) is 8.76. The molecule has 0 saturated carbocycles. The molecule has 3 aromatic carbocycles. The van der Waals surface area contributed by atoms with E-state index in [1.807, 2.05) is 73.3 Å². The molecule has 1 aliphatic heterocycles. The summed E-state index contributed by atoms with van der Waals surface area (Å²) in [5.74, 6) is 0. The van der Waals surface area contributed by atoms with Crippen LogP contribution in [0.2, 0.25) is 5.02 Å². The van der Waals surface area contributed by atoms with Crippen molar-refractivity contribution in [1.82, 2.24) is 9.47 Å². The number of amides is 2. The summed E-state index contributed by atoms with van der Waals surface area (Å²) in [4.78, 5) is 15.6. The summed E-state index contributed by atoms with van der Waals surface area (Å²) in [5.41, 5.74) is 7.19. The Bertz CT molecular complexity index is 1290. The minimum Gasteiger partial charge on any atom is -0.318 e. The maximum atomic E-state index is 13.7. The quantitative estimate of drug-likeness (QED) is 0.361. The number of benzene rings is 3. The average molecular weight is 442 g/mol. The van der Waals surface area contributed by atoms with Gasteiger partial charge in [0.15, 0.2) is 0 Å². The molecule has 4 nitrogen and oxygen atoms in total. The van der Waals surface area contributed by atoms with Crippen LogP contribution in [-0.4, -0.2) is 15.5 Å². The van der Waals surface area contributed by atoms with E-state index in [4.69, 9.17) is 11.6 Å². The van der Waals surface area contributed by atoms with Crippen molar-refractivity contribution < 1.29 is 4.79 Å². The standard InChI is InChI=1S/C27H24ClN3O/c1-18-13-19(2)15-23(14-18)29-27(32)31-17-21-7-3-4-10-24(21)30-12-6-11-25(30)26(31)20-8-5-9-22(28)16-20/h3-16,26H,17H2,1-2H3,(H,29,32)/t26-/m1/s1. The largest absolute Gasteiger partial charge is 0.322 e. The highest BCUT2D eigenvalue weighted by molar-refractivity contribution is 6.30. The lowest BCUT2D eigenvalue weighted by atomic mass is 10.0. The number of rotatable bonds is 2. The van der Waals surface area contributed by atoms with E-state index < -0.39 is 0 Å². The van der Waals surface area contributed by atoms with E-state index in [0.29, 0.717) is 11.6 Å². The number of para-hydroxylation sites is 1. The van der Waals surface area contributed by atoms with Gasteiger partial charge in [0, 0.05) is 22.6 Å². The van der Waals surface area contributed by atoms with Gasteiger partial charge in [-0.2, -0.15) is 0 Å². The molecule has 2 amide bonds. The fraction of sp³-hybridized carbons (Fsp3) is 0.148. The molecule has 1 N–H and O–H groups in total. The van der Waals surface area contributed by atoms with Gasteiger partial charge in [0.25, 0.3) is 0 Å². The third kappa shape index (κ3) is 3.78. The first-order chi connectivity index (χ1) is 15.5. The number of hydrogen-bond donors (Lipinski definition) is 1. The molecule has 5 heteroatoms. The highest BCUT2D eigenvalue weighted by Gasteiger charge is 2.33. The number of nitrogens with zero attached hydrogens (tertiary/aromatic N) is 2. The van der Waals surface area contributed by atoms with Gasteiger partial charge in [-0.25, -0.2) is 4.79 Å². The Labute approximate surface area is 193 Å². The van der Waals surface area contributed by atoms with Crippen LogP contribution in [0.1, 0.15) is 34.0 Å². The van der Waals surface area contributed by atoms with Crippen molar-refractivity contribution >= 4 is 23.3 Å². The van der Waals surface area contributed by atoms with Crippen molar-refractivity contribution in [3.63, 3.8) is 0 Å². The number of nitrogens with one attached hydrogen (secondary N) is 1. The summed E-state index contributed by atoms with van der Waals surface area (Å²) < 4.78 is 2.17. The van der Waals surface area contributed by atoms with Gasteiger partial charge in [-0.1, -0.05) is 48.0 Å². The van der Waals surface area contributed by atoms with Crippen LogP contribution in [0, 0.1) is 13.8 Å². The summed E-state index contributed by atoms with van der Waals surface area (Å²) in [6.45, 7) is 4.55. The van der Waals surface area contributed by atoms with Crippen LogP contribution in [0.4, 0.5) is 10.5 Å². The Morgan fingerprint density at radius 3 is 2.50 bits per heavy atom. The van der Waals surface area contributed by atoms with E-state index in [2.05, 4.69) is 40.3 Å². The van der Waals surface area contributed by atoms with Gasteiger partial charge in [0.2, 0.25) is 0 Å². The Hall–Kier alpha value is -3.50. The maximum absolute atomic E-state index is 13.7. The molecule has 1 atom stereocenters. The Morgan fingerprint density at radius 1 is 0.938 bits per heavy atom. The number of halogens is 1.